The average molecular weight is 346 g/mol. The van der Waals surface area contributed by atoms with Gasteiger partial charge in [0.25, 0.3) is 5.91 Å². The Morgan fingerprint density at radius 1 is 1.17 bits per heavy atom. The van der Waals surface area contributed by atoms with Crippen LogP contribution in [0.3, 0.4) is 0 Å². The van der Waals surface area contributed by atoms with Crippen molar-refractivity contribution in [1.82, 2.24) is 0 Å². The van der Waals surface area contributed by atoms with Crippen molar-refractivity contribution in [2.45, 2.75) is 6.92 Å². The van der Waals surface area contributed by atoms with Gasteiger partial charge < -0.3 is 14.4 Å². The molecule has 2 aromatic carbocycles. The fourth-order valence-electron chi connectivity index (χ4n) is 2.28. The second kappa shape index (κ2) is 7.88. The van der Waals surface area contributed by atoms with Crippen LogP contribution >= 0.6 is 11.6 Å². The molecule has 0 bridgehead atoms. The predicted octanol–water partition coefficient (Wildman–Crippen LogP) is 4.34. The number of rotatable bonds is 5. The number of amides is 1. The third kappa shape index (κ3) is 4.09. The van der Waals surface area contributed by atoms with E-state index < -0.39 is 0 Å². The van der Waals surface area contributed by atoms with Crippen LogP contribution < -0.4 is 14.4 Å². The zero-order valence-electron chi connectivity index (χ0n) is 14.2. The minimum Gasteiger partial charge on any atom is -0.493 e. The topological polar surface area (TPSA) is 38.8 Å². The highest BCUT2D eigenvalue weighted by Gasteiger charge is 2.11. The number of nitrogens with zero attached hydrogens (tertiary/aromatic N) is 1. The van der Waals surface area contributed by atoms with Crippen molar-refractivity contribution in [1.29, 1.82) is 0 Å². The Morgan fingerprint density at radius 3 is 2.54 bits per heavy atom. The molecule has 0 aromatic heterocycles. The molecule has 0 radical (unpaired) electrons. The van der Waals surface area contributed by atoms with Crippen LogP contribution in [0, 0.1) is 6.92 Å². The summed E-state index contributed by atoms with van der Waals surface area (Å²) in [6, 6.07) is 11.3. The second-order valence-corrected chi connectivity index (χ2v) is 5.72. The Bertz CT molecular complexity index is 771. The molecule has 0 spiro atoms. The van der Waals surface area contributed by atoms with Crippen LogP contribution in [0.2, 0.25) is 5.02 Å². The van der Waals surface area contributed by atoms with E-state index in [4.69, 9.17) is 21.1 Å². The highest BCUT2D eigenvalue weighted by molar-refractivity contribution is 6.32. The Hall–Kier alpha value is -2.46. The van der Waals surface area contributed by atoms with Crippen LogP contribution in [0.1, 0.15) is 11.1 Å². The molecule has 0 unspecified atom stereocenters. The molecule has 0 saturated heterocycles. The van der Waals surface area contributed by atoms with Crippen LogP contribution in [0.15, 0.2) is 42.5 Å². The van der Waals surface area contributed by atoms with Gasteiger partial charge >= 0.3 is 0 Å². The molecular weight excluding hydrogens is 326 g/mol. The van der Waals surface area contributed by atoms with Gasteiger partial charge in [-0.3, -0.25) is 4.79 Å². The maximum Gasteiger partial charge on any atom is 0.250 e. The van der Waals surface area contributed by atoms with E-state index in [1.807, 2.05) is 31.2 Å². The maximum atomic E-state index is 12.3. The second-order valence-electron chi connectivity index (χ2n) is 5.31. The van der Waals surface area contributed by atoms with Gasteiger partial charge in [-0.25, -0.2) is 0 Å². The average Bonchev–Trinajstić information content (AvgIpc) is 2.58. The van der Waals surface area contributed by atoms with Gasteiger partial charge in [0.15, 0.2) is 11.5 Å². The molecule has 0 atom stereocenters. The molecule has 0 saturated carbocycles. The zero-order valence-corrected chi connectivity index (χ0v) is 14.9. The highest BCUT2D eigenvalue weighted by Crippen LogP contribution is 2.36. The van der Waals surface area contributed by atoms with Crippen molar-refractivity contribution < 1.29 is 14.3 Å². The minimum atomic E-state index is -0.133. The van der Waals surface area contributed by atoms with Crippen molar-refractivity contribution in [2.24, 2.45) is 0 Å². The molecule has 1 amide bonds. The monoisotopic (exact) mass is 345 g/mol. The lowest BCUT2D eigenvalue weighted by atomic mass is 10.1. The van der Waals surface area contributed by atoms with Crippen LogP contribution in [-0.2, 0) is 4.79 Å². The Labute approximate surface area is 147 Å². The minimum absolute atomic E-state index is 0.133. The third-order valence-electron chi connectivity index (χ3n) is 3.59. The largest absolute Gasteiger partial charge is 0.493 e. The number of ether oxygens (including phenoxy) is 2. The van der Waals surface area contributed by atoms with E-state index >= 15 is 0 Å². The molecule has 0 N–H and O–H groups in total. The van der Waals surface area contributed by atoms with Gasteiger partial charge in [-0.2, -0.15) is 0 Å². The first-order valence-corrected chi connectivity index (χ1v) is 7.78. The number of carbonyl (C=O) groups excluding carboxylic acids is 1. The molecule has 2 rings (SSSR count). The summed E-state index contributed by atoms with van der Waals surface area (Å²) in [5, 5.41) is 0.427. The van der Waals surface area contributed by atoms with Crippen molar-refractivity contribution >= 4 is 29.3 Å². The number of hydrogen-bond donors (Lipinski definition) is 0. The fraction of sp³-hybridized carbons (Fsp3) is 0.211. The van der Waals surface area contributed by atoms with Gasteiger partial charge in [-0.05, 0) is 48.4 Å². The quantitative estimate of drug-likeness (QED) is 0.756. The van der Waals surface area contributed by atoms with E-state index in [1.54, 1.807) is 37.3 Å². The molecule has 0 aliphatic rings. The molecule has 0 heterocycles. The molecule has 0 aliphatic heterocycles. The van der Waals surface area contributed by atoms with E-state index in [-0.39, 0.29) is 5.91 Å². The number of halogens is 1. The summed E-state index contributed by atoms with van der Waals surface area (Å²) < 4.78 is 10.5. The van der Waals surface area contributed by atoms with Crippen molar-refractivity contribution in [3.05, 3.63) is 58.6 Å². The molecule has 4 nitrogen and oxygen atoms in total. The first kappa shape index (κ1) is 17.9. The van der Waals surface area contributed by atoms with Gasteiger partial charge in [0, 0.05) is 18.8 Å². The van der Waals surface area contributed by atoms with Crippen LogP contribution in [0.5, 0.6) is 11.5 Å². The number of aryl methyl sites for hydroxylation is 1. The number of anilines is 1. The fourth-order valence-corrected chi connectivity index (χ4v) is 2.57. The van der Waals surface area contributed by atoms with E-state index in [1.165, 1.54) is 13.2 Å². The van der Waals surface area contributed by atoms with Crippen LogP contribution in [0.4, 0.5) is 5.69 Å². The third-order valence-corrected chi connectivity index (χ3v) is 3.87. The van der Waals surface area contributed by atoms with E-state index in [9.17, 15) is 4.79 Å². The molecule has 24 heavy (non-hydrogen) atoms. The van der Waals surface area contributed by atoms with Crippen molar-refractivity contribution in [3.63, 3.8) is 0 Å². The molecular formula is C19H20ClNO3. The summed E-state index contributed by atoms with van der Waals surface area (Å²) >= 11 is 6.17. The standard InChI is InChI=1S/C19H20ClNO3/c1-13-6-5-7-15(10-13)21(2)18(22)9-8-14-11-16(20)19(24-4)17(12-14)23-3/h5-12H,1-4H3/b9-8+. The van der Waals surface area contributed by atoms with Crippen molar-refractivity contribution in [2.75, 3.05) is 26.2 Å². The Morgan fingerprint density at radius 2 is 1.92 bits per heavy atom. The normalized spacial score (nSPS) is 10.7. The SMILES string of the molecule is COc1cc(/C=C/C(=O)N(C)c2cccc(C)c2)cc(Cl)c1OC. The first-order chi connectivity index (χ1) is 11.5. The number of likely N-dealkylation sites (N-methyl/N-ethyl adjacent to an activating group) is 1. The first-order valence-electron chi connectivity index (χ1n) is 7.40. The van der Waals surface area contributed by atoms with Gasteiger partial charge in [-0.15, -0.1) is 0 Å². The lowest BCUT2D eigenvalue weighted by molar-refractivity contribution is -0.113. The summed E-state index contributed by atoms with van der Waals surface area (Å²) in [5.74, 6) is 0.857. The Kier molecular flexibility index (Phi) is 5.88. The number of benzene rings is 2. The van der Waals surface area contributed by atoms with Gasteiger partial charge in [0.1, 0.15) is 0 Å². The summed E-state index contributed by atoms with van der Waals surface area (Å²) in [6.07, 6.45) is 3.20. The maximum absolute atomic E-state index is 12.3. The predicted molar refractivity (Wildman–Crippen MR) is 98.2 cm³/mol. The molecule has 0 fully saturated rings. The number of hydrogen-bond acceptors (Lipinski definition) is 3. The highest BCUT2D eigenvalue weighted by atomic mass is 35.5. The van der Waals surface area contributed by atoms with Crippen LogP contribution in [0.25, 0.3) is 6.08 Å². The van der Waals surface area contributed by atoms with E-state index in [0.717, 1.165) is 16.8 Å². The molecule has 0 aliphatic carbocycles. The smallest absolute Gasteiger partial charge is 0.250 e. The van der Waals surface area contributed by atoms with Crippen molar-refractivity contribution in [3.8, 4) is 11.5 Å². The van der Waals surface area contributed by atoms with E-state index in [2.05, 4.69) is 0 Å². The van der Waals surface area contributed by atoms with E-state index in [0.29, 0.717) is 16.5 Å². The van der Waals surface area contributed by atoms with Crippen LogP contribution in [-0.4, -0.2) is 27.2 Å². The Balaban J connectivity index is 2.21. The van der Waals surface area contributed by atoms with Gasteiger partial charge in [0.2, 0.25) is 0 Å². The lowest BCUT2D eigenvalue weighted by Crippen LogP contribution is -2.23. The molecule has 5 heteroatoms. The van der Waals surface area contributed by atoms with Gasteiger partial charge in [-0.1, -0.05) is 23.7 Å². The van der Waals surface area contributed by atoms with Gasteiger partial charge in [0.05, 0.1) is 19.2 Å². The molecule has 2 aromatic rings. The zero-order chi connectivity index (χ0) is 17.7. The summed E-state index contributed by atoms with van der Waals surface area (Å²) in [4.78, 5) is 13.9. The number of carbonyl (C=O) groups is 1. The summed E-state index contributed by atoms with van der Waals surface area (Å²) in [6.45, 7) is 1.99. The summed E-state index contributed by atoms with van der Waals surface area (Å²) in [7, 11) is 4.81. The molecule has 126 valence electrons. The lowest BCUT2D eigenvalue weighted by Gasteiger charge is -2.15. The summed E-state index contributed by atoms with van der Waals surface area (Å²) in [5.41, 5.74) is 2.70. The number of methoxy groups -OCH3 is 2.